The van der Waals surface area contributed by atoms with Gasteiger partial charge in [0.1, 0.15) is 0 Å². The average molecular weight is 307 g/mol. The van der Waals surface area contributed by atoms with Gasteiger partial charge in [-0.05, 0) is 36.0 Å². The number of rotatable bonds is 2. The maximum Gasteiger partial charge on any atom is 0.0895 e. The summed E-state index contributed by atoms with van der Waals surface area (Å²) in [6.45, 7) is 5.39. The molecule has 0 aliphatic carbocycles. The van der Waals surface area contributed by atoms with Crippen molar-refractivity contribution in [3.8, 4) is 0 Å². The lowest BCUT2D eigenvalue weighted by atomic mass is 9.77. The Kier molecular flexibility index (Phi) is 3.86. The van der Waals surface area contributed by atoms with Crippen molar-refractivity contribution in [3.05, 3.63) is 65.2 Å². The second kappa shape index (κ2) is 6.01. The average Bonchev–Trinajstić information content (AvgIpc) is 2.61. The normalized spacial score (nSPS) is 26.3. The molecule has 0 unspecified atom stereocenters. The van der Waals surface area contributed by atoms with Crippen molar-refractivity contribution < 1.29 is 4.74 Å². The van der Waals surface area contributed by atoms with E-state index in [1.165, 1.54) is 28.8 Å². The van der Waals surface area contributed by atoms with Crippen LogP contribution in [0, 0.1) is 5.92 Å². The Hall–Kier alpha value is -1.80. The molecule has 2 aromatic carbocycles. The molecule has 2 aliphatic heterocycles. The van der Waals surface area contributed by atoms with Crippen LogP contribution in [-0.2, 0) is 4.74 Å². The predicted molar refractivity (Wildman–Crippen MR) is 94.8 cm³/mol. The summed E-state index contributed by atoms with van der Waals surface area (Å²) in [6, 6.07) is 18.0. The van der Waals surface area contributed by atoms with Gasteiger partial charge >= 0.3 is 0 Å². The Bertz CT molecular complexity index is 679. The molecule has 0 saturated carbocycles. The fourth-order valence-electron chi connectivity index (χ4n) is 4.04. The van der Waals surface area contributed by atoms with Gasteiger partial charge in [0.15, 0.2) is 0 Å². The van der Waals surface area contributed by atoms with Gasteiger partial charge in [-0.25, -0.2) is 0 Å². The number of ether oxygens (including phenoxy) is 1. The molecule has 0 amide bonds. The Morgan fingerprint density at radius 2 is 1.91 bits per heavy atom. The van der Waals surface area contributed by atoms with Crippen molar-refractivity contribution in [2.24, 2.45) is 5.92 Å². The molecule has 2 nitrogen and oxygen atoms in total. The summed E-state index contributed by atoms with van der Waals surface area (Å²) in [4.78, 5) is 0. The van der Waals surface area contributed by atoms with Crippen LogP contribution in [0.3, 0.4) is 0 Å². The maximum atomic E-state index is 6.25. The van der Waals surface area contributed by atoms with Gasteiger partial charge in [-0.3, -0.25) is 0 Å². The van der Waals surface area contributed by atoms with Gasteiger partial charge in [-0.2, -0.15) is 0 Å². The highest BCUT2D eigenvalue weighted by Crippen LogP contribution is 2.49. The molecule has 1 fully saturated rings. The SMILES string of the molecule is CC(C)c1ccc2c(c1)[C@H]1OCCC[C@H]1[C@H](c1ccccc1)N2. The first kappa shape index (κ1) is 14.8. The molecule has 2 aliphatic rings. The van der Waals surface area contributed by atoms with Crippen molar-refractivity contribution in [1.29, 1.82) is 0 Å². The molecule has 2 heteroatoms. The Labute approximate surface area is 138 Å². The third kappa shape index (κ3) is 2.66. The first-order chi connectivity index (χ1) is 11.2. The molecule has 1 saturated heterocycles. The molecule has 0 spiro atoms. The van der Waals surface area contributed by atoms with Crippen LogP contribution in [0.2, 0.25) is 0 Å². The summed E-state index contributed by atoms with van der Waals surface area (Å²) in [5.74, 6) is 1.07. The second-order valence-electron chi connectivity index (χ2n) is 7.13. The quantitative estimate of drug-likeness (QED) is 0.797. The highest BCUT2D eigenvalue weighted by Gasteiger charge is 2.39. The fourth-order valence-corrected chi connectivity index (χ4v) is 4.04. The molecule has 2 heterocycles. The zero-order valence-electron chi connectivity index (χ0n) is 14.0. The highest BCUT2D eigenvalue weighted by atomic mass is 16.5. The van der Waals surface area contributed by atoms with Crippen molar-refractivity contribution in [2.45, 2.75) is 44.8 Å². The number of benzene rings is 2. The topological polar surface area (TPSA) is 21.3 Å². The molecule has 3 atom stereocenters. The summed E-state index contributed by atoms with van der Waals surface area (Å²) in [5.41, 5.74) is 5.36. The van der Waals surface area contributed by atoms with E-state index in [2.05, 4.69) is 67.7 Å². The Morgan fingerprint density at radius 3 is 2.70 bits per heavy atom. The minimum absolute atomic E-state index is 0.226. The van der Waals surface area contributed by atoms with E-state index in [1.54, 1.807) is 0 Å². The van der Waals surface area contributed by atoms with Crippen LogP contribution in [0.1, 0.15) is 61.4 Å². The van der Waals surface area contributed by atoms with Gasteiger partial charge in [-0.1, -0.05) is 56.3 Å². The molecule has 0 radical (unpaired) electrons. The van der Waals surface area contributed by atoms with Gasteiger partial charge in [0, 0.05) is 23.8 Å². The number of anilines is 1. The molecule has 23 heavy (non-hydrogen) atoms. The summed E-state index contributed by atoms with van der Waals surface area (Å²) in [5, 5.41) is 3.80. The van der Waals surface area contributed by atoms with Crippen LogP contribution < -0.4 is 5.32 Å². The number of hydrogen-bond acceptors (Lipinski definition) is 2. The van der Waals surface area contributed by atoms with Crippen LogP contribution in [-0.4, -0.2) is 6.61 Å². The van der Waals surface area contributed by atoms with Crippen molar-refractivity contribution in [2.75, 3.05) is 11.9 Å². The van der Waals surface area contributed by atoms with Gasteiger partial charge in [0.25, 0.3) is 0 Å². The largest absolute Gasteiger partial charge is 0.378 e. The van der Waals surface area contributed by atoms with E-state index in [0.717, 1.165) is 13.0 Å². The molecule has 0 aromatic heterocycles. The zero-order valence-corrected chi connectivity index (χ0v) is 14.0. The molecule has 4 rings (SSSR count). The first-order valence-electron chi connectivity index (χ1n) is 8.81. The molecule has 0 bridgehead atoms. The zero-order chi connectivity index (χ0) is 15.8. The van der Waals surface area contributed by atoms with Crippen molar-refractivity contribution in [1.82, 2.24) is 0 Å². The molecule has 120 valence electrons. The van der Waals surface area contributed by atoms with Gasteiger partial charge < -0.3 is 10.1 Å². The van der Waals surface area contributed by atoms with Crippen LogP contribution in [0.4, 0.5) is 5.69 Å². The van der Waals surface area contributed by atoms with Crippen LogP contribution >= 0.6 is 0 Å². The Balaban J connectivity index is 1.77. The maximum absolute atomic E-state index is 6.25. The van der Waals surface area contributed by atoms with Crippen LogP contribution in [0.5, 0.6) is 0 Å². The third-order valence-corrected chi connectivity index (χ3v) is 5.31. The van der Waals surface area contributed by atoms with Crippen molar-refractivity contribution in [3.63, 3.8) is 0 Å². The molecular formula is C21H25NO. The number of nitrogens with one attached hydrogen (secondary N) is 1. The summed E-state index contributed by atoms with van der Waals surface area (Å²) in [7, 11) is 0. The van der Waals surface area contributed by atoms with Crippen LogP contribution in [0.15, 0.2) is 48.5 Å². The number of fused-ring (bicyclic) bond motifs is 3. The summed E-state index contributed by atoms with van der Waals surface area (Å²) in [6.07, 6.45) is 2.61. The summed E-state index contributed by atoms with van der Waals surface area (Å²) < 4.78 is 6.25. The summed E-state index contributed by atoms with van der Waals surface area (Å²) >= 11 is 0. The molecule has 1 N–H and O–H groups in total. The standard InChI is InChI=1S/C21H25NO/c1-14(2)16-10-11-19-18(13-16)21-17(9-6-12-23-21)20(22-19)15-7-4-3-5-8-15/h3-5,7-8,10-11,13-14,17,20-22H,6,9,12H2,1-2H3/t17-,20-,21-/m0/s1. The van der Waals surface area contributed by atoms with E-state index in [4.69, 9.17) is 4.74 Å². The van der Waals surface area contributed by atoms with Gasteiger partial charge in [-0.15, -0.1) is 0 Å². The minimum atomic E-state index is 0.226. The monoisotopic (exact) mass is 307 g/mol. The van der Waals surface area contributed by atoms with E-state index in [-0.39, 0.29) is 6.10 Å². The van der Waals surface area contributed by atoms with E-state index in [0.29, 0.717) is 17.9 Å². The van der Waals surface area contributed by atoms with E-state index >= 15 is 0 Å². The predicted octanol–water partition coefficient (Wildman–Crippen LogP) is 5.44. The van der Waals surface area contributed by atoms with E-state index in [9.17, 15) is 0 Å². The number of hydrogen-bond donors (Lipinski definition) is 1. The lowest BCUT2D eigenvalue weighted by molar-refractivity contribution is -0.0381. The lowest BCUT2D eigenvalue weighted by Crippen LogP contribution is -2.36. The van der Waals surface area contributed by atoms with Gasteiger partial charge in [0.2, 0.25) is 0 Å². The second-order valence-corrected chi connectivity index (χ2v) is 7.13. The highest BCUT2D eigenvalue weighted by molar-refractivity contribution is 5.58. The lowest BCUT2D eigenvalue weighted by Gasteiger charge is -2.43. The minimum Gasteiger partial charge on any atom is -0.378 e. The fraction of sp³-hybridized carbons (Fsp3) is 0.429. The molecular weight excluding hydrogens is 282 g/mol. The molecule has 2 aromatic rings. The van der Waals surface area contributed by atoms with E-state index in [1.807, 2.05) is 0 Å². The van der Waals surface area contributed by atoms with Gasteiger partial charge in [0.05, 0.1) is 12.1 Å². The Morgan fingerprint density at radius 1 is 1.09 bits per heavy atom. The van der Waals surface area contributed by atoms with Crippen LogP contribution in [0.25, 0.3) is 0 Å². The smallest absolute Gasteiger partial charge is 0.0895 e. The van der Waals surface area contributed by atoms with E-state index < -0.39 is 0 Å². The third-order valence-electron chi connectivity index (χ3n) is 5.31. The van der Waals surface area contributed by atoms with Crippen molar-refractivity contribution >= 4 is 5.69 Å². The first-order valence-corrected chi connectivity index (χ1v) is 8.81.